The average Bonchev–Trinajstić information content (AvgIpc) is 2.44. The zero-order chi connectivity index (χ0) is 14.1. The van der Waals surface area contributed by atoms with Gasteiger partial charge in [-0.3, -0.25) is 9.59 Å². The van der Waals surface area contributed by atoms with Gasteiger partial charge in [-0.15, -0.1) is 0 Å². The summed E-state index contributed by atoms with van der Waals surface area (Å²) in [5, 5.41) is 0. The highest BCUT2D eigenvalue weighted by atomic mass is 33.1. The van der Waals surface area contributed by atoms with Crippen molar-refractivity contribution in [1.82, 2.24) is 0 Å². The van der Waals surface area contributed by atoms with Gasteiger partial charge in [0, 0.05) is 12.8 Å². The maximum absolute atomic E-state index is 11.8. The smallest absolute Gasteiger partial charge is 0.320 e. The van der Waals surface area contributed by atoms with E-state index >= 15 is 0 Å². The Morgan fingerprint density at radius 3 is 1.74 bits per heavy atom. The van der Waals surface area contributed by atoms with Crippen LogP contribution in [0.3, 0.4) is 0 Å². The van der Waals surface area contributed by atoms with E-state index in [1.807, 2.05) is 0 Å². The van der Waals surface area contributed by atoms with Crippen LogP contribution < -0.4 is 0 Å². The molecule has 0 unspecified atom stereocenters. The van der Waals surface area contributed by atoms with Gasteiger partial charge in [0.2, 0.25) is 0 Å². The third kappa shape index (κ3) is 6.08. The van der Waals surface area contributed by atoms with Gasteiger partial charge in [-0.2, -0.15) is 0 Å². The number of carbonyl (C=O) groups is 2. The fourth-order valence-electron chi connectivity index (χ4n) is 1.90. The number of unbranched alkanes of at least 4 members (excludes halogenated alkanes) is 2. The summed E-state index contributed by atoms with van der Waals surface area (Å²) in [5.74, 6) is -1.09. The summed E-state index contributed by atoms with van der Waals surface area (Å²) in [6.45, 7) is 4.13. The van der Waals surface area contributed by atoms with E-state index in [0.717, 1.165) is 25.7 Å². The van der Waals surface area contributed by atoms with E-state index in [1.54, 1.807) is 0 Å². The normalized spacial score (nSPS) is 19.9. The van der Waals surface area contributed by atoms with E-state index in [1.165, 1.54) is 21.6 Å². The zero-order valence-corrected chi connectivity index (χ0v) is 13.2. The van der Waals surface area contributed by atoms with Crippen LogP contribution in [0.1, 0.15) is 52.4 Å². The molecule has 0 spiro atoms. The summed E-state index contributed by atoms with van der Waals surface area (Å²) in [4.78, 5) is 23.6. The second kappa shape index (κ2) is 8.74. The molecule has 0 N–H and O–H groups in total. The Balaban J connectivity index is 2.82. The van der Waals surface area contributed by atoms with Crippen LogP contribution in [0.15, 0.2) is 0 Å². The molecular formula is C13H22O4S2. The van der Waals surface area contributed by atoms with Crippen molar-refractivity contribution < 1.29 is 19.1 Å². The van der Waals surface area contributed by atoms with Crippen LogP contribution in [0.5, 0.6) is 0 Å². The molecule has 19 heavy (non-hydrogen) atoms. The van der Waals surface area contributed by atoms with Gasteiger partial charge in [0.15, 0.2) is 0 Å². The highest BCUT2D eigenvalue weighted by Crippen LogP contribution is 2.32. The van der Waals surface area contributed by atoms with Gasteiger partial charge in [-0.25, -0.2) is 0 Å². The molecule has 0 aromatic carbocycles. The molecule has 6 heteroatoms. The second-order valence-electron chi connectivity index (χ2n) is 4.59. The van der Waals surface area contributed by atoms with Crippen LogP contribution in [0.4, 0.5) is 0 Å². The standard InChI is InChI=1S/C13H22O4S2/c1-3-5-7-13(8-6-4-2)16-11(14)9-18-19-10-12(15)17-13/h3-10H2,1-2H3. The Bertz CT molecular complexity index is 277. The van der Waals surface area contributed by atoms with Gasteiger partial charge in [0.05, 0.1) is 0 Å². The van der Waals surface area contributed by atoms with E-state index in [0.29, 0.717) is 12.8 Å². The molecule has 0 aromatic rings. The van der Waals surface area contributed by atoms with Gasteiger partial charge >= 0.3 is 11.9 Å². The Morgan fingerprint density at radius 1 is 0.947 bits per heavy atom. The maximum Gasteiger partial charge on any atom is 0.320 e. The van der Waals surface area contributed by atoms with Crippen molar-refractivity contribution in [3.8, 4) is 0 Å². The lowest BCUT2D eigenvalue weighted by Crippen LogP contribution is -2.40. The molecule has 0 aromatic heterocycles. The van der Waals surface area contributed by atoms with Crippen LogP contribution >= 0.6 is 21.6 Å². The fourth-order valence-corrected chi connectivity index (χ4v) is 3.45. The van der Waals surface area contributed by atoms with E-state index in [2.05, 4.69) is 13.8 Å². The first-order valence-corrected chi connectivity index (χ1v) is 9.29. The highest BCUT2D eigenvalue weighted by molar-refractivity contribution is 8.77. The minimum Gasteiger partial charge on any atom is -0.422 e. The number of hydrogen-bond acceptors (Lipinski definition) is 6. The largest absolute Gasteiger partial charge is 0.422 e. The zero-order valence-electron chi connectivity index (χ0n) is 11.6. The monoisotopic (exact) mass is 306 g/mol. The van der Waals surface area contributed by atoms with Crippen molar-refractivity contribution in [2.45, 2.75) is 58.2 Å². The van der Waals surface area contributed by atoms with E-state index in [4.69, 9.17) is 9.47 Å². The average molecular weight is 306 g/mol. The molecule has 1 aliphatic rings. The van der Waals surface area contributed by atoms with Gasteiger partial charge in [-0.05, 0) is 12.8 Å². The van der Waals surface area contributed by atoms with Crippen molar-refractivity contribution >= 4 is 33.5 Å². The summed E-state index contributed by atoms with van der Waals surface area (Å²) in [5.41, 5.74) is 0. The summed E-state index contributed by atoms with van der Waals surface area (Å²) >= 11 is 0. The number of ether oxygens (including phenoxy) is 2. The van der Waals surface area contributed by atoms with Crippen molar-refractivity contribution in [1.29, 1.82) is 0 Å². The van der Waals surface area contributed by atoms with Gasteiger partial charge < -0.3 is 9.47 Å². The van der Waals surface area contributed by atoms with Crippen molar-refractivity contribution in [3.63, 3.8) is 0 Å². The molecule has 1 rings (SSSR count). The first kappa shape index (κ1) is 16.7. The van der Waals surface area contributed by atoms with Crippen LogP contribution in [-0.2, 0) is 19.1 Å². The third-order valence-electron chi connectivity index (χ3n) is 2.86. The minimum atomic E-state index is -1.04. The molecule has 0 radical (unpaired) electrons. The molecule has 1 fully saturated rings. The molecule has 0 amide bonds. The van der Waals surface area contributed by atoms with Gasteiger partial charge in [0.1, 0.15) is 11.5 Å². The van der Waals surface area contributed by atoms with Crippen molar-refractivity contribution in [2.24, 2.45) is 0 Å². The summed E-state index contributed by atoms with van der Waals surface area (Å²) in [6, 6.07) is 0. The Labute approximate surface area is 122 Å². The molecule has 0 aliphatic carbocycles. The molecule has 0 atom stereocenters. The van der Waals surface area contributed by atoms with Crippen LogP contribution in [-0.4, -0.2) is 29.2 Å². The van der Waals surface area contributed by atoms with Crippen LogP contribution in [0.25, 0.3) is 0 Å². The maximum atomic E-state index is 11.8. The molecular weight excluding hydrogens is 284 g/mol. The van der Waals surface area contributed by atoms with Crippen molar-refractivity contribution in [3.05, 3.63) is 0 Å². The lowest BCUT2D eigenvalue weighted by atomic mass is 10.0. The number of hydrogen-bond donors (Lipinski definition) is 0. The molecule has 4 nitrogen and oxygen atoms in total. The SMILES string of the molecule is CCCCC1(CCCC)OC(=O)CSSCC(=O)O1. The van der Waals surface area contributed by atoms with Gasteiger partial charge in [0.25, 0.3) is 5.79 Å². The number of rotatable bonds is 6. The number of esters is 2. The molecule has 1 aliphatic heterocycles. The van der Waals surface area contributed by atoms with Gasteiger partial charge in [-0.1, -0.05) is 48.3 Å². The first-order valence-electron chi connectivity index (χ1n) is 6.80. The minimum absolute atomic E-state index is 0.265. The summed E-state index contributed by atoms with van der Waals surface area (Å²) in [7, 11) is 2.69. The van der Waals surface area contributed by atoms with Crippen LogP contribution in [0, 0.1) is 0 Å². The summed E-state index contributed by atoms with van der Waals surface area (Å²) < 4.78 is 11.0. The molecule has 1 heterocycles. The molecule has 110 valence electrons. The Morgan fingerprint density at radius 2 is 1.37 bits per heavy atom. The summed E-state index contributed by atoms with van der Waals surface area (Å²) in [6.07, 6.45) is 4.90. The highest BCUT2D eigenvalue weighted by Gasteiger charge is 2.38. The predicted molar refractivity (Wildman–Crippen MR) is 78.9 cm³/mol. The first-order chi connectivity index (χ1) is 9.12. The molecule has 1 saturated heterocycles. The number of carbonyl (C=O) groups excluding carboxylic acids is 2. The Hall–Kier alpha value is -0.360. The third-order valence-corrected chi connectivity index (χ3v) is 4.94. The van der Waals surface area contributed by atoms with E-state index in [9.17, 15) is 9.59 Å². The van der Waals surface area contributed by atoms with Crippen LogP contribution in [0.2, 0.25) is 0 Å². The topological polar surface area (TPSA) is 52.6 Å². The Kier molecular flexibility index (Phi) is 7.68. The van der Waals surface area contributed by atoms with E-state index in [-0.39, 0.29) is 23.4 Å². The molecule has 0 saturated carbocycles. The quantitative estimate of drug-likeness (QED) is 0.552. The lowest BCUT2D eigenvalue weighted by Gasteiger charge is -2.32. The number of cyclic esters (lactones) is 2. The predicted octanol–water partition coefficient (Wildman–Crippen LogP) is 3.54. The van der Waals surface area contributed by atoms with E-state index < -0.39 is 5.79 Å². The lowest BCUT2D eigenvalue weighted by molar-refractivity contribution is -0.231. The second-order valence-corrected chi connectivity index (χ2v) is 7.05. The van der Waals surface area contributed by atoms with Crippen molar-refractivity contribution in [2.75, 3.05) is 11.5 Å². The fraction of sp³-hybridized carbons (Fsp3) is 0.846. The molecule has 0 bridgehead atoms.